The number of rotatable bonds is 3. The summed E-state index contributed by atoms with van der Waals surface area (Å²) in [5.41, 5.74) is 1.38. The van der Waals surface area contributed by atoms with Gasteiger partial charge in [-0.05, 0) is 65.5 Å². The summed E-state index contributed by atoms with van der Waals surface area (Å²) in [6, 6.07) is 9.83. The molecular formula is C15H11ClIN3O3S. The van der Waals surface area contributed by atoms with Crippen LogP contribution in [0.2, 0.25) is 5.02 Å². The van der Waals surface area contributed by atoms with E-state index in [9.17, 15) is 14.9 Å². The summed E-state index contributed by atoms with van der Waals surface area (Å²) in [7, 11) is 0. The van der Waals surface area contributed by atoms with Crippen LogP contribution in [0.3, 0.4) is 0 Å². The van der Waals surface area contributed by atoms with Crippen LogP contribution in [0.4, 0.5) is 11.4 Å². The van der Waals surface area contributed by atoms with E-state index in [0.29, 0.717) is 16.8 Å². The van der Waals surface area contributed by atoms with Gasteiger partial charge in [-0.15, -0.1) is 0 Å². The quantitative estimate of drug-likeness (QED) is 0.299. The number of carbonyl (C=O) groups excluding carboxylic acids is 1. The first-order valence-electron chi connectivity index (χ1n) is 6.61. The summed E-state index contributed by atoms with van der Waals surface area (Å²) in [6.45, 7) is 1.68. The summed E-state index contributed by atoms with van der Waals surface area (Å²) >= 11 is 13.1. The second-order valence-corrected chi connectivity index (χ2v) is 6.74. The summed E-state index contributed by atoms with van der Waals surface area (Å²) in [6.07, 6.45) is 0. The van der Waals surface area contributed by atoms with Gasteiger partial charge in [0.25, 0.3) is 11.6 Å². The molecule has 0 aliphatic rings. The lowest BCUT2D eigenvalue weighted by atomic mass is 10.2. The molecule has 6 nitrogen and oxygen atoms in total. The fourth-order valence-electron chi connectivity index (χ4n) is 1.91. The molecule has 0 bridgehead atoms. The molecule has 2 aromatic carbocycles. The van der Waals surface area contributed by atoms with E-state index in [1.165, 1.54) is 12.1 Å². The maximum Gasteiger partial charge on any atom is 0.288 e. The molecule has 0 saturated carbocycles. The van der Waals surface area contributed by atoms with Crippen molar-refractivity contribution in [2.45, 2.75) is 6.92 Å². The second-order valence-electron chi connectivity index (χ2n) is 4.76. The van der Waals surface area contributed by atoms with Crippen LogP contribution in [0.5, 0.6) is 0 Å². The number of hydrogen-bond donors (Lipinski definition) is 2. The van der Waals surface area contributed by atoms with Gasteiger partial charge >= 0.3 is 0 Å². The molecule has 0 fully saturated rings. The Morgan fingerprint density at radius 1 is 1.33 bits per heavy atom. The van der Waals surface area contributed by atoms with Crippen molar-refractivity contribution in [3.8, 4) is 0 Å². The van der Waals surface area contributed by atoms with Gasteiger partial charge in [0, 0.05) is 15.3 Å². The molecule has 0 unspecified atom stereocenters. The maximum atomic E-state index is 12.2. The third-order valence-corrected chi connectivity index (χ3v) is 4.53. The van der Waals surface area contributed by atoms with E-state index in [2.05, 4.69) is 33.2 Å². The standard InChI is InChI=1S/C15H11ClIN3O3S/c1-8-6-13(20(22)23)10(16)7-12(8)18-15(24)19-14(21)9-4-2-3-5-11(9)17/h2-7H,1H3,(H2,18,19,21,24). The number of aryl methyl sites for hydroxylation is 1. The van der Waals surface area contributed by atoms with E-state index >= 15 is 0 Å². The van der Waals surface area contributed by atoms with Crippen LogP contribution in [0.15, 0.2) is 36.4 Å². The van der Waals surface area contributed by atoms with Crippen molar-refractivity contribution in [1.29, 1.82) is 0 Å². The first-order valence-corrected chi connectivity index (χ1v) is 8.47. The molecule has 2 N–H and O–H groups in total. The smallest absolute Gasteiger partial charge is 0.288 e. The molecule has 1 amide bonds. The normalized spacial score (nSPS) is 10.1. The molecule has 24 heavy (non-hydrogen) atoms. The molecule has 0 radical (unpaired) electrons. The Morgan fingerprint density at radius 3 is 2.62 bits per heavy atom. The average molecular weight is 476 g/mol. The fourth-order valence-corrected chi connectivity index (χ4v) is 2.98. The van der Waals surface area contributed by atoms with Gasteiger partial charge in [-0.25, -0.2) is 0 Å². The minimum absolute atomic E-state index is 0.0140. The number of nitrogens with zero attached hydrogens (tertiary/aromatic N) is 1. The van der Waals surface area contributed by atoms with E-state index in [4.69, 9.17) is 23.8 Å². The average Bonchev–Trinajstić information content (AvgIpc) is 2.50. The number of nitro benzene ring substituents is 1. The van der Waals surface area contributed by atoms with Crippen molar-refractivity contribution in [3.63, 3.8) is 0 Å². The minimum atomic E-state index is -0.559. The van der Waals surface area contributed by atoms with Crippen molar-refractivity contribution in [3.05, 3.63) is 66.2 Å². The molecule has 0 atom stereocenters. The zero-order chi connectivity index (χ0) is 17.9. The first-order chi connectivity index (χ1) is 11.3. The molecular weight excluding hydrogens is 465 g/mol. The van der Waals surface area contributed by atoms with Gasteiger partial charge in [0.2, 0.25) is 0 Å². The van der Waals surface area contributed by atoms with Crippen LogP contribution >= 0.6 is 46.4 Å². The minimum Gasteiger partial charge on any atom is -0.332 e. The fraction of sp³-hybridized carbons (Fsp3) is 0.0667. The highest BCUT2D eigenvalue weighted by atomic mass is 127. The molecule has 0 aliphatic carbocycles. The number of hydrogen-bond acceptors (Lipinski definition) is 4. The van der Waals surface area contributed by atoms with Gasteiger partial charge < -0.3 is 5.32 Å². The molecule has 0 spiro atoms. The number of anilines is 1. The van der Waals surface area contributed by atoms with Gasteiger partial charge in [-0.2, -0.15) is 0 Å². The van der Waals surface area contributed by atoms with Crippen LogP contribution < -0.4 is 10.6 Å². The SMILES string of the molecule is Cc1cc([N+](=O)[O-])c(Cl)cc1NC(=S)NC(=O)c1ccccc1I. The van der Waals surface area contributed by atoms with Gasteiger partial charge in [-0.1, -0.05) is 23.7 Å². The highest BCUT2D eigenvalue weighted by Crippen LogP contribution is 2.30. The predicted molar refractivity (Wildman–Crippen MR) is 106 cm³/mol. The van der Waals surface area contributed by atoms with Crippen molar-refractivity contribution in [2.24, 2.45) is 0 Å². The van der Waals surface area contributed by atoms with Crippen LogP contribution in [0.1, 0.15) is 15.9 Å². The topological polar surface area (TPSA) is 84.3 Å². The number of nitrogens with one attached hydrogen (secondary N) is 2. The van der Waals surface area contributed by atoms with Gasteiger partial charge in [0.05, 0.1) is 10.5 Å². The molecule has 0 aliphatic heterocycles. The first kappa shape index (κ1) is 18.6. The molecule has 124 valence electrons. The predicted octanol–water partition coefficient (Wildman–Crippen LogP) is 4.29. The Balaban J connectivity index is 2.13. The number of thiocarbonyl (C=S) groups is 1. The van der Waals surface area contributed by atoms with Gasteiger partial charge in [0.1, 0.15) is 5.02 Å². The van der Waals surface area contributed by atoms with Gasteiger partial charge in [-0.3, -0.25) is 20.2 Å². The zero-order valence-electron chi connectivity index (χ0n) is 12.3. The molecule has 2 rings (SSSR count). The van der Waals surface area contributed by atoms with E-state index in [1.54, 1.807) is 19.1 Å². The summed E-state index contributed by atoms with van der Waals surface area (Å²) in [4.78, 5) is 22.5. The maximum absolute atomic E-state index is 12.2. The monoisotopic (exact) mass is 475 g/mol. The molecule has 2 aromatic rings. The Kier molecular flexibility index (Phi) is 6.08. The summed E-state index contributed by atoms with van der Waals surface area (Å²) in [5.74, 6) is -0.344. The Labute approximate surface area is 161 Å². The van der Waals surface area contributed by atoms with Crippen LogP contribution in [-0.2, 0) is 0 Å². The number of amides is 1. The number of benzene rings is 2. The lowest BCUT2D eigenvalue weighted by Gasteiger charge is -2.12. The van der Waals surface area contributed by atoms with E-state index < -0.39 is 4.92 Å². The molecule has 0 saturated heterocycles. The van der Waals surface area contributed by atoms with E-state index in [-0.39, 0.29) is 21.7 Å². The molecule has 9 heteroatoms. The van der Waals surface area contributed by atoms with Crippen molar-refractivity contribution < 1.29 is 9.72 Å². The Hall–Kier alpha value is -1.78. The van der Waals surface area contributed by atoms with Crippen molar-refractivity contribution >= 4 is 68.8 Å². The van der Waals surface area contributed by atoms with Crippen LogP contribution in [-0.4, -0.2) is 15.9 Å². The third kappa shape index (κ3) is 4.40. The summed E-state index contributed by atoms with van der Waals surface area (Å²) in [5, 5.41) is 16.3. The van der Waals surface area contributed by atoms with E-state index in [0.717, 1.165) is 3.57 Å². The number of carbonyl (C=O) groups is 1. The third-order valence-electron chi connectivity index (χ3n) is 3.08. The Morgan fingerprint density at radius 2 is 2.00 bits per heavy atom. The highest BCUT2D eigenvalue weighted by Gasteiger charge is 2.16. The van der Waals surface area contributed by atoms with Crippen molar-refractivity contribution in [2.75, 3.05) is 5.32 Å². The van der Waals surface area contributed by atoms with Crippen LogP contribution in [0, 0.1) is 20.6 Å². The number of nitro groups is 1. The Bertz CT molecular complexity index is 845. The largest absolute Gasteiger partial charge is 0.332 e. The lowest BCUT2D eigenvalue weighted by molar-refractivity contribution is -0.384. The summed E-state index contributed by atoms with van der Waals surface area (Å²) < 4.78 is 0.796. The highest BCUT2D eigenvalue weighted by molar-refractivity contribution is 14.1. The second kappa shape index (κ2) is 7.86. The van der Waals surface area contributed by atoms with Crippen LogP contribution in [0.25, 0.3) is 0 Å². The zero-order valence-corrected chi connectivity index (χ0v) is 16.0. The van der Waals surface area contributed by atoms with E-state index in [1.807, 2.05) is 12.1 Å². The molecule has 0 heterocycles. The number of halogens is 2. The van der Waals surface area contributed by atoms with Crippen molar-refractivity contribution in [1.82, 2.24) is 5.32 Å². The lowest BCUT2D eigenvalue weighted by Crippen LogP contribution is -2.34. The molecule has 0 aromatic heterocycles. The van der Waals surface area contributed by atoms with Gasteiger partial charge in [0.15, 0.2) is 5.11 Å².